The molecule has 1 atom stereocenters. The van der Waals surface area contributed by atoms with Gasteiger partial charge in [-0.3, -0.25) is 4.79 Å². The molecule has 1 aromatic carbocycles. The van der Waals surface area contributed by atoms with Gasteiger partial charge >= 0.3 is 0 Å². The largest absolute Gasteiger partial charge is 0.377 e. The smallest absolute Gasteiger partial charge is 0.293 e. The topological polar surface area (TPSA) is 60.2 Å². The molecule has 1 amide bonds. The third kappa shape index (κ3) is 3.83. The molecule has 0 N–H and O–H groups in total. The van der Waals surface area contributed by atoms with Gasteiger partial charge in [0.2, 0.25) is 5.82 Å². The molecule has 28 heavy (non-hydrogen) atoms. The zero-order chi connectivity index (χ0) is 19.5. The molecule has 1 aliphatic rings. The molecule has 0 aliphatic carbocycles. The van der Waals surface area contributed by atoms with Crippen molar-refractivity contribution in [3.63, 3.8) is 0 Å². The predicted molar refractivity (Wildman–Crippen MR) is 105 cm³/mol. The van der Waals surface area contributed by atoms with E-state index in [1.807, 2.05) is 24.4 Å². The van der Waals surface area contributed by atoms with Crippen LogP contribution in [0, 0.1) is 5.82 Å². The number of benzene rings is 1. The molecule has 6 nitrogen and oxygen atoms in total. The summed E-state index contributed by atoms with van der Waals surface area (Å²) in [5.74, 6) is 0.0538. The molecule has 8 heteroatoms. The van der Waals surface area contributed by atoms with Gasteiger partial charge in [-0.25, -0.2) is 14.1 Å². The van der Waals surface area contributed by atoms with Gasteiger partial charge < -0.3 is 9.64 Å². The highest BCUT2D eigenvalue weighted by atomic mass is 32.1. The molecular formula is C20H21FN4O2S. The van der Waals surface area contributed by atoms with Gasteiger partial charge in [0.15, 0.2) is 5.82 Å². The van der Waals surface area contributed by atoms with E-state index >= 15 is 0 Å². The van der Waals surface area contributed by atoms with Gasteiger partial charge in [0.05, 0.1) is 16.7 Å². The van der Waals surface area contributed by atoms with Crippen LogP contribution in [0.3, 0.4) is 0 Å². The number of halogens is 1. The second-order valence-corrected chi connectivity index (χ2v) is 7.55. The summed E-state index contributed by atoms with van der Waals surface area (Å²) in [4.78, 5) is 20.2. The lowest BCUT2D eigenvalue weighted by atomic mass is 10.1. The van der Waals surface area contributed by atoms with Gasteiger partial charge in [-0.2, -0.15) is 0 Å². The van der Waals surface area contributed by atoms with Crippen LogP contribution >= 0.6 is 11.3 Å². The average Bonchev–Trinajstić information content (AvgIpc) is 3.37. The SMILES string of the molecule is CCOC1CCCN(C(=O)c2nc(-c3cccs3)n(-c3cccc(F)c3)n2)C1. The number of rotatable bonds is 5. The Labute approximate surface area is 166 Å². The van der Waals surface area contributed by atoms with Crippen molar-refractivity contribution in [2.45, 2.75) is 25.9 Å². The van der Waals surface area contributed by atoms with E-state index in [9.17, 15) is 9.18 Å². The number of thiophene rings is 1. The second-order valence-electron chi connectivity index (χ2n) is 6.60. The number of ether oxygens (including phenoxy) is 1. The first-order chi connectivity index (χ1) is 13.7. The van der Waals surface area contributed by atoms with E-state index in [1.54, 1.807) is 17.0 Å². The molecule has 0 bridgehead atoms. The Morgan fingerprint density at radius 1 is 1.36 bits per heavy atom. The van der Waals surface area contributed by atoms with E-state index in [1.165, 1.54) is 28.2 Å². The summed E-state index contributed by atoms with van der Waals surface area (Å²) in [6.45, 7) is 3.78. The predicted octanol–water partition coefficient (Wildman–Crippen LogP) is 3.78. The molecule has 3 aromatic rings. The van der Waals surface area contributed by atoms with Gasteiger partial charge in [-0.1, -0.05) is 12.1 Å². The first kappa shape index (κ1) is 18.8. The zero-order valence-corrected chi connectivity index (χ0v) is 16.4. The highest BCUT2D eigenvalue weighted by Crippen LogP contribution is 2.26. The summed E-state index contributed by atoms with van der Waals surface area (Å²) in [6, 6.07) is 9.93. The van der Waals surface area contributed by atoms with Crippen LogP contribution < -0.4 is 0 Å². The van der Waals surface area contributed by atoms with Crippen molar-refractivity contribution < 1.29 is 13.9 Å². The summed E-state index contributed by atoms with van der Waals surface area (Å²) < 4.78 is 21.0. The minimum Gasteiger partial charge on any atom is -0.377 e. The summed E-state index contributed by atoms with van der Waals surface area (Å²) in [5.41, 5.74) is 0.529. The van der Waals surface area contributed by atoms with E-state index < -0.39 is 0 Å². The minimum atomic E-state index is -0.367. The molecule has 1 saturated heterocycles. The molecule has 0 saturated carbocycles. The van der Waals surface area contributed by atoms with Crippen molar-refractivity contribution in [3.8, 4) is 16.4 Å². The minimum absolute atomic E-state index is 0.0461. The molecule has 146 valence electrons. The molecule has 2 aromatic heterocycles. The van der Waals surface area contributed by atoms with E-state index in [4.69, 9.17) is 4.74 Å². The number of nitrogens with zero attached hydrogens (tertiary/aromatic N) is 4. The fourth-order valence-electron chi connectivity index (χ4n) is 3.39. The summed E-state index contributed by atoms with van der Waals surface area (Å²) >= 11 is 1.49. The maximum Gasteiger partial charge on any atom is 0.293 e. The molecule has 1 unspecified atom stereocenters. The summed E-state index contributed by atoms with van der Waals surface area (Å²) in [6.07, 6.45) is 1.88. The number of carbonyl (C=O) groups is 1. The van der Waals surface area contributed by atoms with Crippen LogP contribution in [0.25, 0.3) is 16.4 Å². The molecule has 0 radical (unpaired) electrons. The van der Waals surface area contributed by atoms with Gasteiger partial charge in [-0.15, -0.1) is 16.4 Å². The van der Waals surface area contributed by atoms with Crippen LogP contribution in [0.1, 0.15) is 30.4 Å². The van der Waals surface area contributed by atoms with Crippen LogP contribution in [0.5, 0.6) is 0 Å². The molecule has 0 spiro atoms. The zero-order valence-electron chi connectivity index (χ0n) is 15.5. The summed E-state index contributed by atoms with van der Waals surface area (Å²) in [7, 11) is 0. The van der Waals surface area contributed by atoms with Crippen molar-refractivity contribution in [1.29, 1.82) is 0 Å². The molecular weight excluding hydrogens is 379 g/mol. The Bertz CT molecular complexity index is 955. The van der Waals surface area contributed by atoms with E-state index in [-0.39, 0.29) is 23.7 Å². The first-order valence-electron chi connectivity index (χ1n) is 9.33. The number of carbonyl (C=O) groups excluding carboxylic acids is 1. The monoisotopic (exact) mass is 400 g/mol. The van der Waals surface area contributed by atoms with Crippen LogP contribution in [0.4, 0.5) is 4.39 Å². The Morgan fingerprint density at radius 2 is 2.25 bits per heavy atom. The maximum atomic E-state index is 13.8. The lowest BCUT2D eigenvalue weighted by Gasteiger charge is -2.31. The third-order valence-corrected chi connectivity index (χ3v) is 5.53. The average molecular weight is 400 g/mol. The third-order valence-electron chi connectivity index (χ3n) is 4.66. The van der Waals surface area contributed by atoms with Crippen LogP contribution in [-0.2, 0) is 4.74 Å². The van der Waals surface area contributed by atoms with Crippen LogP contribution in [-0.4, -0.2) is 51.4 Å². The highest BCUT2D eigenvalue weighted by Gasteiger charge is 2.28. The lowest BCUT2D eigenvalue weighted by Crippen LogP contribution is -2.43. The number of likely N-dealkylation sites (tertiary alicyclic amines) is 1. The summed E-state index contributed by atoms with van der Waals surface area (Å²) in [5, 5.41) is 6.37. The number of aromatic nitrogens is 3. The number of piperidine rings is 1. The van der Waals surface area contributed by atoms with Gasteiger partial charge in [0.25, 0.3) is 5.91 Å². The fourth-order valence-corrected chi connectivity index (χ4v) is 4.09. The molecule has 1 fully saturated rings. The molecule has 4 rings (SSSR count). The van der Waals surface area contributed by atoms with Crippen molar-refractivity contribution in [3.05, 3.63) is 53.4 Å². The van der Waals surface area contributed by atoms with E-state index in [0.717, 1.165) is 17.7 Å². The standard InChI is InChI=1S/C20H21FN4O2S/c1-2-27-16-8-4-10-24(13-16)20(26)18-22-19(17-9-5-11-28-17)25(23-18)15-7-3-6-14(21)12-15/h3,5-7,9,11-12,16H,2,4,8,10,13H2,1H3. The van der Waals surface area contributed by atoms with Crippen molar-refractivity contribution in [1.82, 2.24) is 19.7 Å². The Kier molecular flexibility index (Phi) is 5.50. The first-order valence-corrected chi connectivity index (χ1v) is 10.2. The van der Waals surface area contributed by atoms with Crippen molar-refractivity contribution in [2.75, 3.05) is 19.7 Å². The lowest BCUT2D eigenvalue weighted by molar-refractivity contribution is 0.00681. The van der Waals surface area contributed by atoms with E-state index in [2.05, 4.69) is 10.1 Å². The Hall–Kier alpha value is -2.58. The van der Waals surface area contributed by atoms with Gasteiger partial charge in [-0.05, 0) is 49.4 Å². The van der Waals surface area contributed by atoms with E-state index in [0.29, 0.717) is 31.2 Å². The molecule has 1 aliphatic heterocycles. The normalized spacial score (nSPS) is 17.1. The number of hydrogen-bond acceptors (Lipinski definition) is 5. The number of hydrogen-bond donors (Lipinski definition) is 0. The van der Waals surface area contributed by atoms with Crippen molar-refractivity contribution >= 4 is 17.2 Å². The molecule has 3 heterocycles. The van der Waals surface area contributed by atoms with Crippen LogP contribution in [0.15, 0.2) is 41.8 Å². The van der Waals surface area contributed by atoms with Crippen molar-refractivity contribution in [2.24, 2.45) is 0 Å². The second kappa shape index (κ2) is 8.20. The Morgan fingerprint density at radius 3 is 3.00 bits per heavy atom. The highest BCUT2D eigenvalue weighted by molar-refractivity contribution is 7.13. The fraction of sp³-hybridized carbons (Fsp3) is 0.350. The quantitative estimate of drug-likeness (QED) is 0.654. The maximum absolute atomic E-state index is 13.8. The van der Waals surface area contributed by atoms with Gasteiger partial charge in [0, 0.05) is 19.7 Å². The van der Waals surface area contributed by atoms with Gasteiger partial charge in [0.1, 0.15) is 5.82 Å². The number of amides is 1. The Balaban J connectivity index is 1.68. The van der Waals surface area contributed by atoms with Crippen LogP contribution in [0.2, 0.25) is 0 Å².